The number of hydrogen-bond acceptors (Lipinski definition) is 15. The van der Waals surface area contributed by atoms with E-state index >= 15 is 8.78 Å². The van der Waals surface area contributed by atoms with Gasteiger partial charge in [0.2, 0.25) is 11.8 Å². The molecule has 2 amide bonds. The summed E-state index contributed by atoms with van der Waals surface area (Å²) in [6.07, 6.45) is -7.80. The molecule has 4 heterocycles. The Kier molecular flexibility index (Phi) is 13.0. The van der Waals surface area contributed by atoms with Crippen LogP contribution in [0.2, 0.25) is 0 Å². The van der Waals surface area contributed by atoms with E-state index < -0.39 is 92.8 Å². The van der Waals surface area contributed by atoms with Crippen molar-refractivity contribution < 1.29 is 73.1 Å². The van der Waals surface area contributed by atoms with Crippen LogP contribution in [-0.4, -0.2) is 80.3 Å². The van der Waals surface area contributed by atoms with Gasteiger partial charge in [0.05, 0.1) is 71.9 Å². The van der Waals surface area contributed by atoms with Gasteiger partial charge in [0.15, 0.2) is 52.8 Å². The Morgan fingerprint density at radius 3 is 1.72 bits per heavy atom. The molecule has 75 heavy (non-hydrogen) atoms. The van der Waals surface area contributed by atoms with E-state index in [4.69, 9.17) is 28.5 Å². The molecule has 1 saturated carbocycles. The molecule has 1 fully saturated rings. The van der Waals surface area contributed by atoms with Crippen molar-refractivity contribution in [2.24, 2.45) is 0 Å². The quantitative estimate of drug-likeness (QED) is 0.0810. The van der Waals surface area contributed by atoms with Crippen molar-refractivity contribution >= 4 is 45.5 Å². The molecular formula is C50H37F8N9O8. The molecule has 2 atom stereocenters. The maximum Gasteiger partial charge on any atom is 0.401 e. The second-order valence-electron chi connectivity index (χ2n) is 17.7. The molecule has 4 aromatic carbocycles. The molecule has 17 nitrogen and oxygen atoms in total. The number of benzene rings is 4. The fourth-order valence-corrected chi connectivity index (χ4v) is 8.23. The Morgan fingerprint density at radius 1 is 0.720 bits per heavy atom. The normalized spacial score (nSPS) is 14.2. The fraction of sp³-hybridized carbons (Fsp3) is 0.260. The first kappa shape index (κ1) is 51.0. The minimum atomic E-state index is -4.88. The number of ether oxygens (including phenoxy) is 3. The molecule has 9 rings (SSSR count). The van der Waals surface area contributed by atoms with Crippen LogP contribution in [0, 0.1) is 23.0 Å². The highest BCUT2D eigenvalue weighted by Gasteiger charge is 2.67. The van der Waals surface area contributed by atoms with Gasteiger partial charge < -0.3 is 39.0 Å². The summed E-state index contributed by atoms with van der Waals surface area (Å²) < 4.78 is 145. The number of nitrogens with zero attached hydrogens (tertiary/aromatic N) is 7. The van der Waals surface area contributed by atoms with Crippen LogP contribution in [-0.2, 0) is 20.4 Å². The predicted molar refractivity (Wildman–Crippen MR) is 248 cm³/mol. The first-order chi connectivity index (χ1) is 35.5. The zero-order valence-electron chi connectivity index (χ0n) is 39.3. The van der Waals surface area contributed by atoms with Crippen LogP contribution in [0.1, 0.15) is 61.2 Å². The maximum atomic E-state index is 17.1. The highest BCUT2D eigenvalue weighted by molar-refractivity contribution is 6.04. The SMILES string of the molecule is COc1cc2ncc(-c3ccc(C(C(=O)Nc4cc(C(C)(C)C(F)(F)F)on4)C(C(=O)Nc4cc(C5(C(F)(F)F)CC5)on4)c4ccc(-c5cnc6cc(OCC#N)c(OC)cc6n5)cc4F)c(F)c3)nc2cc1O. The van der Waals surface area contributed by atoms with Crippen molar-refractivity contribution in [2.75, 3.05) is 31.5 Å². The van der Waals surface area contributed by atoms with Crippen LogP contribution in [0.15, 0.2) is 94.2 Å². The summed E-state index contributed by atoms with van der Waals surface area (Å²) in [5.41, 5.74) is -5.08. The number of carbonyl (C=O) groups excluding carboxylic acids is 2. The Labute approximate surface area is 417 Å². The number of amides is 2. The zero-order valence-corrected chi connectivity index (χ0v) is 39.3. The summed E-state index contributed by atoms with van der Waals surface area (Å²) in [6, 6.07) is 15.5. The van der Waals surface area contributed by atoms with E-state index in [9.17, 15) is 41.0 Å². The number of rotatable bonds is 15. The van der Waals surface area contributed by atoms with E-state index in [1.807, 2.05) is 6.07 Å². The van der Waals surface area contributed by atoms with Crippen LogP contribution in [0.4, 0.5) is 46.8 Å². The van der Waals surface area contributed by atoms with Crippen molar-refractivity contribution in [2.45, 2.75) is 61.7 Å². The van der Waals surface area contributed by atoms with Crippen molar-refractivity contribution in [3.05, 3.63) is 119 Å². The number of hydrogen-bond donors (Lipinski definition) is 3. The number of nitrogens with one attached hydrogen (secondary N) is 2. The molecule has 0 spiro atoms. The number of halogens is 8. The van der Waals surface area contributed by atoms with Crippen molar-refractivity contribution in [1.29, 1.82) is 5.26 Å². The molecule has 0 radical (unpaired) electrons. The number of alkyl halides is 6. The molecule has 0 aliphatic heterocycles. The lowest BCUT2D eigenvalue weighted by Gasteiger charge is -2.27. The van der Waals surface area contributed by atoms with Crippen LogP contribution in [0.5, 0.6) is 23.0 Å². The topological polar surface area (TPSA) is 234 Å². The Hall–Kier alpha value is -8.95. The molecular weight excluding hydrogens is 1010 g/mol. The molecule has 0 bridgehead atoms. The second kappa shape index (κ2) is 19.1. The standard InChI is InChI=1S/C50H37F8N9O8/c1-47(2,49(53,54)55)39-19-41(66-74-39)64-45(69)43(25-7-5-23(13-27(25)51)33-21-60-29-16-36(71-3)35(68)15-31(29)62-33)44(46(70)65-42-20-40(75-67-42)48(9-10-48)50(56,57)58)26-8-6-24(14-28(26)52)34-22-61-30-17-38(73-12-11-59)37(72-4)18-32(30)63-34/h5-8,13-22,43-44,68H,9-10,12H2,1-4H3,(H,64,66,69)(H,65,67,70). The number of fused-ring (bicyclic) bond motifs is 2. The van der Waals surface area contributed by atoms with Gasteiger partial charge in [-0.15, -0.1) is 0 Å². The number of aromatic hydroxyl groups is 1. The zero-order chi connectivity index (χ0) is 53.8. The molecule has 2 unspecified atom stereocenters. The summed E-state index contributed by atoms with van der Waals surface area (Å²) in [6.45, 7) is 1.26. The summed E-state index contributed by atoms with van der Waals surface area (Å²) in [7, 11) is 2.68. The molecule has 8 aromatic rings. The van der Waals surface area contributed by atoms with E-state index in [0.29, 0.717) is 0 Å². The second-order valence-corrected chi connectivity index (χ2v) is 17.7. The lowest BCUT2D eigenvalue weighted by molar-refractivity contribution is -0.185. The van der Waals surface area contributed by atoms with Gasteiger partial charge in [0.1, 0.15) is 28.5 Å². The van der Waals surface area contributed by atoms with E-state index in [1.165, 1.54) is 63.0 Å². The van der Waals surface area contributed by atoms with Crippen LogP contribution in [0.3, 0.4) is 0 Å². The summed E-state index contributed by atoms with van der Waals surface area (Å²) in [5, 5.41) is 31.1. The van der Waals surface area contributed by atoms with Gasteiger partial charge in [0, 0.05) is 58.7 Å². The fourth-order valence-electron chi connectivity index (χ4n) is 8.23. The first-order valence-corrected chi connectivity index (χ1v) is 22.2. The van der Waals surface area contributed by atoms with Gasteiger partial charge in [-0.25, -0.2) is 18.7 Å². The molecule has 0 saturated heterocycles. The number of carbonyl (C=O) groups is 2. The van der Waals surface area contributed by atoms with Gasteiger partial charge in [-0.05, 0) is 38.8 Å². The minimum Gasteiger partial charge on any atom is -0.504 e. The molecule has 1 aliphatic carbocycles. The van der Waals surface area contributed by atoms with E-state index in [2.05, 4.69) is 40.9 Å². The summed E-state index contributed by atoms with van der Waals surface area (Å²) in [5.74, 6) is -12.0. The average Bonchev–Trinajstić information content (AvgIpc) is 3.85. The maximum absolute atomic E-state index is 17.1. The van der Waals surface area contributed by atoms with E-state index in [0.717, 1.165) is 50.2 Å². The Morgan fingerprint density at radius 2 is 1.23 bits per heavy atom. The van der Waals surface area contributed by atoms with Gasteiger partial charge in [-0.3, -0.25) is 19.6 Å². The Bertz CT molecular complexity index is 3590. The highest BCUT2D eigenvalue weighted by Crippen LogP contribution is 2.59. The number of anilines is 2. The van der Waals surface area contributed by atoms with E-state index in [1.54, 1.807) is 0 Å². The molecule has 1 aliphatic rings. The predicted octanol–water partition coefficient (Wildman–Crippen LogP) is 10.4. The van der Waals surface area contributed by atoms with Crippen LogP contribution in [0.25, 0.3) is 44.6 Å². The number of methoxy groups -OCH3 is 2. The first-order valence-electron chi connectivity index (χ1n) is 22.2. The van der Waals surface area contributed by atoms with Gasteiger partial charge in [-0.2, -0.15) is 31.6 Å². The lowest BCUT2D eigenvalue weighted by Crippen LogP contribution is -2.36. The third-order valence-corrected chi connectivity index (χ3v) is 12.7. The van der Waals surface area contributed by atoms with Gasteiger partial charge >= 0.3 is 12.4 Å². The van der Waals surface area contributed by atoms with Gasteiger partial charge in [-0.1, -0.05) is 34.6 Å². The average molecular weight is 1040 g/mol. The van der Waals surface area contributed by atoms with Crippen LogP contribution >= 0.6 is 0 Å². The number of nitriles is 1. The third kappa shape index (κ3) is 9.61. The molecule has 386 valence electrons. The molecule has 25 heteroatoms. The lowest BCUT2D eigenvalue weighted by atomic mass is 9.79. The van der Waals surface area contributed by atoms with Crippen LogP contribution < -0.4 is 24.8 Å². The largest absolute Gasteiger partial charge is 0.504 e. The highest BCUT2D eigenvalue weighted by atomic mass is 19.4. The number of phenolic OH excluding ortho intramolecular Hbond substituents is 1. The monoisotopic (exact) mass is 1040 g/mol. The molecule has 3 N–H and O–H groups in total. The Balaban J connectivity index is 1.17. The number of aromatic nitrogens is 6. The number of phenols is 1. The van der Waals surface area contributed by atoms with Crippen molar-refractivity contribution in [1.82, 2.24) is 30.2 Å². The van der Waals surface area contributed by atoms with E-state index in [-0.39, 0.29) is 87.0 Å². The minimum absolute atomic E-state index is 0.0426. The summed E-state index contributed by atoms with van der Waals surface area (Å²) in [4.78, 5) is 47.4. The van der Waals surface area contributed by atoms with Crippen molar-refractivity contribution in [3.63, 3.8) is 0 Å². The van der Waals surface area contributed by atoms with Crippen molar-refractivity contribution in [3.8, 4) is 51.6 Å². The molecule has 4 aromatic heterocycles. The summed E-state index contributed by atoms with van der Waals surface area (Å²) >= 11 is 0. The smallest absolute Gasteiger partial charge is 0.401 e. The van der Waals surface area contributed by atoms with Gasteiger partial charge in [0.25, 0.3) is 0 Å². The third-order valence-electron chi connectivity index (χ3n) is 12.7.